The third-order valence-corrected chi connectivity index (χ3v) is 0.846. The molecule has 0 bridgehead atoms. The Morgan fingerprint density at radius 1 is 1.62 bits per heavy atom. The van der Waals surface area contributed by atoms with Crippen molar-refractivity contribution < 1.29 is 0 Å². The van der Waals surface area contributed by atoms with E-state index < -0.39 is 0 Å². The average Bonchev–Trinajstić information content (AvgIpc) is 1.65. The molecule has 0 heterocycles. The molecule has 0 saturated carbocycles. The van der Waals surface area contributed by atoms with Gasteiger partial charge in [-0.3, -0.25) is 11.3 Å². The molecule has 0 spiro atoms. The molecule has 1 atom stereocenters. The minimum Gasteiger partial charge on any atom is -0.271 e. The zero-order valence-electron chi connectivity index (χ0n) is 5.73. The Morgan fingerprint density at radius 3 is 2.25 bits per heavy atom. The van der Waals surface area contributed by atoms with E-state index in [1.54, 1.807) is 0 Å². The highest BCUT2D eigenvalue weighted by Crippen LogP contribution is 1.90. The lowest BCUT2D eigenvalue weighted by molar-refractivity contribution is 0.665. The van der Waals surface area contributed by atoms with E-state index in [0.29, 0.717) is 6.04 Å². The molecule has 0 aliphatic rings. The van der Waals surface area contributed by atoms with E-state index in [-0.39, 0.29) is 0 Å². The molecule has 0 aliphatic heterocycles. The fraction of sp³-hybridized carbons (Fsp3) is 0.667. The Bertz CT molecular complexity index is 82.5. The predicted molar refractivity (Wildman–Crippen MR) is 36.2 cm³/mol. The van der Waals surface area contributed by atoms with Gasteiger partial charge in [0.25, 0.3) is 0 Å². The zero-order chi connectivity index (χ0) is 6.57. The second-order valence-corrected chi connectivity index (χ2v) is 2.20. The van der Waals surface area contributed by atoms with Crippen LogP contribution in [0.25, 0.3) is 0 Å². The topological polar surface area (TPSA) is 38.0 Å². The van der Waals surface area contributed by atoms with Crippen molar-refractivity contribution in [3.05, 3.63) is 11.6 Å². The van der Waals surface area contributed by atoms with Gasteiger partial charge in [0.2, 0.25) is 0 Å². The van der Waals surface area contributed by atoms with E-state index in [1.807, 2.05) is 20.8 Å². The van der Waals surface area contributed by atoms with E-state index in [9.17, 15) is 0 Å². The highest BCUT2D eigenvalue weighted by Gasteiger charge is 1.88. The monoisotopic (exact) mass is 114 g/mol. The molecule has 0 aromatic rings. The van der Waals surface area contributed by atoms with Crippen molar-refractivity contribution in [3.8, 4) is 0 Å². The van der Waals surface area contributed by atoms with Crippen molar-refractivity contribution in [1.82, 2.24) is 5.43 Å². The maximum Gasteiger partial charge on any atom is 0.0364 e. The van der Waals surface area contributed by atoms with Crippen LogP contribution >= 0.6 is 0 Å². The van der Waals surface area contributed by atoms with Gasteiger partial charge in [-0.05, 0) is 20.8 Å². The molecule has 0 fully saturated rings. The fourth-order valence-electron chi connectivity index (χ4n) is 0.548. The molecule has 0 saturated heterocycles. The first-order valence-electron chi connectivity index (χ1n) is 2.78. The summed E-state index contributed by atoms with van der Waals surface area (Å²) >= 11 is 0. The van der Waals surface area contributed by atoms with E-state index in [2.05, 4.69) is 11.5 Å². The average molecular weight is 114 g/mol. The van der Waals surface area contributed by atoms with E-state index in [4.69, 9.17) is 5.84 Å². The van der Waals surface area contributed by atoms with Crippen LogP contribution in [0.2, 0.25) is 0 Å². The first-order chi connectivity index (χ1) is 3.66. The second-order valence-electron chi connectivity index (χ2n) is 2.20. The maximum atomic E-state index is 5.13. The molecule has 3 N–H and O–H groups in total. The quantitative estimate of drug-likeness (QED) is 0.316. The smallest absolute Gasteiger partial charge is 0.0364 e. The molecule has 1 unspecified atom stereocenters. The van der Waals surface area contributed by atoms with Crippen LogP contribution < -0.4 is 11.3 Å². The van der Waals surface area contributed by atoms with Crippen LogP contribution in [0.3, 0.4) is 0 Å². The molecule has 0 aromatic carbocycles. The molecule has 0 radical (unpaired) electrons. The number of hydrogen-bond donors (Lipinski definition) is 2. The standard InChI is InChI=1S/C6H14N2/c1-5(2)4-6(3)8-7/h4,6,8H,7H2,1-3H3. The van der Waals surface area contributed by atoms with Gasteiger partial charge in [0.05, 0.1) is 0 Å². The Balaban J connectivity index is 3.51. The van der Waals surface area contributed by atoms with Gasteiger partial charge in [0.15, 0.2) is 0 Å². The highest BCUT2D eigenvalue weighted by molar-refractivity contribution is 4.98. The zero-order valence-corrected chi connectivity index (χ0v) is 5.73. The van der Waals surface area contributed by atoms with Crippen LogP contribution in [0, 0.1) is 0 Å². The second kappa shape index (κ2) is 3.64. The van der Waals surface area contributed by atoms with Crippen molar-refractivity contribution in [3.63, 3.8) is 0 Å². The van der Waals surface area contributed by atoms with Gasteiger partial charge in [0, 0.05) is 6.04 Å². The van der Waals surface area contributed by atoms with Gasteiger partial charge in [-0.2, -0.15) is 0 Å². The van der Waals surface area contributed by atoms with Gasteiger partial charge < -0.3 is 0 Å². The largest absolute Gasteiger partial charge is 0.271 e. The van der Waals surface area contributed by atoms with E-state index >= 15 is 0 Å². The van der Waals surface area contributed by atoms with Gasteiger partial charge in [-0.1, -0.05) is 11.6 Å². The maximum absolute atomic E-state index is 5.13. The van der Waals surface area contributed by atoms with Gasteiger partial charge >= 0.3 is 0 Å². The van der Waals surface area contributed by atoms with E-state index in [1.165, 1.54) is 5.57 Å². The normalized spacial score (nSPS) is 13.0. The third-order valence-electron chi connectivity index (χ3n) is 0.846. The molecule has 0 aromatic heterocycles. The molecular formula is C6H14N2. The van der Waals surface area contributed by atoms with Gasteiger partial charge in [0.1, 0.15) is 0 Å². The minimum absolute atomic E-state index is 0.292. The highest BCUT2D eigenvalue weighted by atomic mass is 15.2. The fourth-order valence-corrected chi connectivity index (χ4v) is 0.548. The van der Waals surface area contributed by atoms with Crippen molar-refractivity contribution in [2.24, 2.45) is 5.84 Å². The van der Waals surface area contributed by atoms with Crippen LogP contribution in [-0.2, 0) is 0 Å². The van der Waals surface area contributed by atoms with Crippen molar-refractivity contribution in [2.75, 3.05) is 0 Å². The molecule has 2 heteroatoms. The first-order valence-corrected chi connectivity index (χ1v) is 2.78. The number of hydrazine groups is 1. The van der Waals surface area contributed by atoms with Crippen LogP contribution in [0.1, 0.15) is 20.8 Å². The molecular weight excluding hydrogens is 100 g/mol. The van der Waals surface area contributed by atoms with Crippen molar-refractivity contribution in [2.45, 2.75) is 26.8 Å². The predicted octanol–water partition coefficient (Wildman–Crippen LogP) is 0.804. The van der Waals surface area contributed by atoms with Crippen LogP contribution in [0.5, 0.6) is 0 Å². The summed E-state index contributed by atoms with van der Waals surface area (Å²) < 4.78 is 0. The van der Waals surface area contributed by atoms with Gasteiger partial charge in [-0.15, -0.1) is 0 Å². The van der Waals surface area contributed by atoms with Crippen LogP contribution in [-0.4, -0.2) is 6.04 Å². The summed E-state index contributed by atoms with van der Waals surface area (Å²) in [4.78, 5) is 0. The SMILES string of the molecule is CC(C)=CC(C)NN. The number of nitrogens with one attached hydrogen (secondary N) is 1. The van der Waals surface area contributed by atoms with Crippen LogP contribution in [0.4, 0.5) is 0 Å². The van der Waals surface area contributed by atoms with Crippen molar-refractivity contribution >= 4 is 0 Å². The van der Waals surface area contributed by atoms with Crippen LogP contribution in [0.15, 0.2) is 11.6 Å². The minimum atomic E-state index is 0.292. The van der Waals surface area contributed by atoms with E-state index in [0.717, 1.165) is 0 Å². The lowest BCUT2D eigenvalue weighted by Gasteiger charge is -2.02. The molecule has 0 aliphatic carbocycles. The summed E-state index contributed by atoms with van der Waals surface area (Å²) in [5.74, 6) is 5.13. The molecule has 2 nitrogen and oxygen atoms in total. The molecule has 8 heavy (non-hydrogen) atoms. The third kappa shape index (κ3) is 3.84. The Kier molecular flexibility index (Phi) is 3.48. The number of hydrogen-bond acceptors (Lipinski definition) is 2. The Hall–Kier alpha value is -0.340. The Morgan fingerprint density at radius 2 is 2.12 bits per heavy atom. The first kappa shape index (κ1) is 7.66. The summed E-state index contributed by atoms with van der Waals surface area (Å²) in [7, 11) is 0. The lowest BCUT2D eigenvalue weighted by Crippen LogP contribution is -2.30. The number of nitrogens with two attached hydrogens (primary N) is 1. The Labute approximate surface area is 50.7 Å². The summed E-state index contributed by atoms with van der Waals surface area (Å²) in [5.41, 5.74) is 3.91. The molecule has 0 amide bonds. The van der Waals surface area contributed by atoms with Gasteiger partial charge in [-0.25, -0.2) is 0 Å². The molecule has 48 valence electrons. The van der Waals surface area contributed by atoms with Crippen molar-refractivity contribution in [1.29, 1.82) is 0 Å². The summed E-state index contributed by atoms with van der Waals surface area (Å²) in [6.45, 7) is 6.11. The molecule has 0 rings (SSSR count). The number of allylic oxidation sites excluding steroid dienone is 1. The lowest BCUT2D eigenvalue weighted by atomic mass is 10.2. The summed E-state index contributed by atoms with van der Waals surface area (Å²) in [6, 6.07) is 0.292. The number of rotatable bonds is 2. The summed E-state index contributed by atoms with van der Waals surface area (Å²) in [5, 5.41) is 0. The summed E-state index contributed by atoms with van der Waals surface area (Å²) in [6.07, 6.45) is 2.07.